The Morgan fingerprint density at radius 1 is 1.20 bits per heavy atom. The van der Waals surface area contributed by atoms with Gasteiger partial charge in [-0.3, -0.25) is 4.79 Å². The normalized spacial score (nSPS) is 15.1. The van der Waals surface area contributed by atoms with E-state index in [0.717, 1.165) is 32.0 Å². The van der Waals surface area contributed by atoms with Crippen LogP contribution in [0.15, 0.2) is 30.6 Å². The lowest BCUT2D eigenvalue weighted by molar-refractivity contribution is 0.102. The lowest BCUT2D eigenvalue weighted by atomic mass is 10.2. The molecular weight excluding hydrogens is 342 g/mol. The molecule has 0 atom stereocenters. The first-order chi connectivity index (χ1) is 12.1. The number of methoxy groups -OCH3 is 1. The fourth-order valence-corrected chi connectivity index (χ4v) is 2.84. The predicted molar refractivity (Wildman–Crippen MR) is 97.7 cm³/mol. The zero-order chi connectivity index (χ0) is 17.8. The van der Waals surface area contributed by atoms with E-state index in [9.17, 15) is 4.79 Å². The van der Waals surface area contributed by atoms with Gasteiger partial charge in [0.25, 0.3) is 5.91 Å². The monoisotopic (exact) mass is 361 g/mol. The lowest BCUT2D eigenvalue weighted by Crippen LogP contribution is -2.44. The molecule has 1 fully saturated rings. The van der Waals surface area contributed by atoms with Gasteiger partial charge in [-0.1, -0.05) is 11.6 Å². The molecule has 1 aliphatic heterocycles. The van der Waals surface area contributed by atoms with Gasteiger partial charge in [0.05, 0.1) is 12.7 Å². The van der Waals surface area contributed by atoms with E-state index in [1.165, 1.54) is 13.4 Å². The molecule has 8 heteroatoms. The zero-order valence-corrected chi connectivity index (χ0v) is 15.0. The Morgan fingerprint density at radius 3 is 2.68 bits per heavy atom. The van der Waals surface area contributed by atoms with Gasteiger partial charge in [-0.05, 0) is 25.2 Å². The summed E-state index contributed by atoms with van der Waals surface area (Å²) in [5.74, 6) is 1.37. The van der Waals surface area contributed by atoms with Gasteiger partial charge in [-0.25, -0.2) is 9.97 Å². The van der Waals surface area contributed by atoms with Crippen molar-refractivity contribution in [1.29, 1.82) is 0 Å². The van der Waals surface area contributed by atoms with Crippen molar-refractivity contribution < 1.29 is 9.53 Å². The van der Waals surface area contributed by atoms with Gasteiger partial charge in [0.1, 0.15) is 23.7 Å². The number of anilines is 2. The minimum absolute atomic E-state index is 0.331. The molecule has 1 N–H and O–H groups in total. The molecular formula is C17H20ClN5O2. The van der Waals surface area contributed by atoms with E-state index >= 15 is 0 Å². The Bertz CT molecular complexity index is 762. The minimum Gasteiger partial charge on any atom is -0.496 e. The average Bonchev–Trinajstić information content (AvgIpc) is 2.62. The number of hydrogen-bond acceptors (Lipinski definition) is 6. The summed E-state index contributed by atoms with van der Waals surface area (Å²) in [6, 6.07) is 6.68. The van der Waals surface area contributed by atoms with Gasteiger partial charge in [0.2, 0.25) is 0 Å². The van der Waals surface area contributed by atoms with Crippen LogP contribution in [0.5, 0.6) is 5.75 Å². The van der Waals surface area contributed by atoms with Gasteiger partial charge in [-0.2, -0.15) is 0 Å². The first-order valence-corrected chi connectivity index (χ1v) is 8.35. The number of carbonyl (C=O) groups is 1. The number of nitrogens with zero attached hydrogens (tertiary/aromatic N) is 4. The SMILES string of the molecule is COc1ccc(Cl)cc1C(=O)Nc1cc(N2CCN(C)CC2)ncn1. The Morgan fingerprint density at radius 2 is 1.96 bits per heavy atom. The maximum Gasteiger partial charge on any atom is 0.260 e. The highest BCUT2D eigenvalue weighted by molar-refractivity contribution is 6.31. The van der Waals surface area contributed by atoms with E-state index < -0.39 is 0 Å². The minimum atomic E-state index is -0.331. The molecule has 0 unspecified atom stereocenters. The molecule has 7 nitrogen and oxygen atoms in total. The number of ether oxygens (including phenoxy) is 1. The van der Waals surface area contributed by atoms with E-state index in [2.05, 4.69) is 32.1 Å². The van der Waals surface area contributed by atoms with Gasteiger partial charge < -0.3 is 19.9 Å². The molecule has 1 saturated heterocycles. The number of amides is 1. The van der Waals surface area contributed by atoms with Crippen LogP contribution >= 0.6 is 11.6 Å². The number of halogens is 1. The molecule has 1 aromatic carbocycles. The van der Waals surface area contributed by atoms with Crippen molar-refractivity contribution in [3.63, 3.8) is 0 Å². The molecule has 0 radical (unpaired) electrons. The first-order valence-electron chi connectivity index (χ1n) is 7.97. The van der Waals surface area contributed by atoms with Crippen LogP contribution in [0.4, 0.5) is 11.6 Å². The second kappa shape index (κ2) is 7.67. The van der Waals surface area contributed by atoms with Crippen molar-refractivity contribution in [2.45, 2.75) is 0 Å². The van der Waals surface area contributed by atoms with Gasteiger partial charge in [-0.15, -0.1) is 0 Å². The summed E-state index contributed by atoms with van der Waals surface area (Å²) in [5.41, 5.74) is 0.356. The van der Waals surface area contributed by atoms with Crippen molar-refractivity contribution in [1.82, 2.24) is 14.9 Å². The second-order valence-corrected chi connectivity index (χ2v) is 6.29. The molecule has 132 valence electrons. The van der Waals surface area contributed by atoms with Crippen LogP contribution in [-0.2, 0) is 0 Å². The molecule has 1 aliphatic rings. The third-order valence-electron chi connectivity index (χ3n) is 4.13. The summed E-state index contributed by atoms with van der Waals surface area (Å²) in [7, 11) is 3.61. The van der Waals surface area contributed by atoms with Crippen LogP contribution in [0.25, 0.3) is 0 Å². The zero-order valence-electron chi connectivity index (χ0n) is 14.2. The average molecular weight is 362 g/mol. The second-order valence-electron chi connectivity index (χ2n) is 5.85. The number of aromatic nitrogens is 2. The van der Waals surface area contributed by atoms with Crippen LogP contribution in [-0.4, -0.2) is 61.1 Å². The third-order valence-corrected chi connectivity index (χ3v) is 4.36. The summed E-state index contributed by atoms with van der Waals surface area (Å²) in [5, 5.41) is 3.25. The Labute approximate surface area is 151 Å². The number of piperazine rings is 1. The maximum atomic E-state index is 12.5. The molecule has 0 bridgehead atoms. The van der Waals surface area contributed by atoms with E-state index in [4.69, 9.17) is 16.3 Å². The summed E-state index contributed by atoms with van der Waals surface area (Å²) in [4.78, 5) is 25.4. The number of rotatable bonds is 4. The molecule has 1 amide bonds. The molecule has 3 rings (SSSR count). The van der Waals surface area contributed by atoms with Gasteiger partial charge in [0.15, 0.2) is 0 Å². The highest BCUT2D eigenvalue weighted by Gasteiger charge is 2.17. The number of nitrogens with one attached hydrogen (secondary N) is 1. The van der Waals surface area contributed by atoms with E-state index in [1.807, 2.05) is 0 Å². The lowest BCUT2D eigenvalue weighted by Gasteiger charge is -2.33. The fraction of sp³-hybridized carbons (Fsp3) is 0.353. The number of carbonyl (C=O) groups excluding carboxylic acids is 1. The smallest absolute Gasteiger partial charge is 0.260 e. The Hall–Kier alpha value is -2.38. The largest absolute Gasteiger partial charge is 0.496 e. The van der Waals surface area contributed by atoms with Gasteiger partial charge >= 0.3 is 0 Å². The quantitative estimate of drug-likeness (QED) is 0.899. The van der Waals surface area contributed by atoms with E-state index in [1.54, 1.807) is 24.3 Å². The van der Waals surface area contributed by atoms with Crippen molar-refractivity contribution in [2.75, 3.05) is 50.6 Å². The molecule has 2 aromatic rings. The Balaban J connectivity index is 1.76. The standard InChI is InChI=1S/C17H20ClN5O2/c1-22-5-7-23(8-6-22)16-10-15(19-11-20-16)21-17(24)13-9-12(18)3-4-14(13)25-2/h3-4,9-11H,5-8H2,1-2H3,(H,19,20,21,24). The first kappa shape index (κ1) is 17.4. The highest BCUT2D eigenvalue weighted by atomic mass is 35.5. The fourth-order valence-electron chi connectivity index (χ4n) is 2.67. The molecule has 0 aliphatic carbocycles. The van der Waals surface area contributed by atoms with Crippen LogP contribution in [0.3, 0.4) is 0 Å². The van der Waals surface area contributed by atoms with Crippen molar-refractivity contribution >= 4 is 29.1 Å². The number of benzene rings is 1. The molecule has 0 saturated carbocycles. The van der Waals surface area contributed by atoms with Gasteiger partial charge in [0, 0.05) is 37.3 Å². The summed E-state index contributed by atoms with van der Waals surface area (Å²) in [6.07, 6.45) is 1.46. The van der Waals surface area contributed by atoms with Crippen molar-refractivity contribution in [3.8, 4) is 5.75 Å². The summed E-state index contributed by atoms with van der Waals surface area (Å²) >= 11 is 5.99. The maximum absolute atomic E-state index is 12.5. The van der Waals surface area contributed by atoms with Crippen molar-refractivity contribution in [2.24, 2.45) is 0 Å². The number of likely N-dealkylation sites (N-methyl/N-ethyl adjacent to an activating group) is 1. The van der Waals surface area contributed by atoms with Crippen LogP contribution in [0, 0.1) is 0 Å². The molecule has 25 heavy (non-hydrogen) atoms. The Kier molecular flexibility index (Phi) is 5.35. The van der Waals surface area contributed by atoms with Crippen LogP contribution in [0.1, 0.15) is 10.4 Å². The third kappa shape index (κ3) is 4.18. The van der Waals surface area contributed by atoms with Crippen LogP contribution in [0.2, 0.25) is 5.02 Å². The van der Waals surface area contributed by atoms with Crippen LogP contribution < -0.4 is 15.0 Å². The topological polar surface area (TPSA) is 70.6 Å². The number of hydrogen-bond donors (Lipinski definition) is 1. The summed E-state index contributed by atoms with van der Waals surface area (Å²) in [6.45, 7) is 3.74. The van der Waals surface area contributed by atoms with E-state index in [0.29, 0.717) is 22.2 Å². The van der Waals surface area contributed by atoms with Crippen molar-refractivity contribution in [3.05, 3.63) is 41.2 Å². The molecule has 0 spiro atoms. The van der Waals surface area contributed by atoms with E-state index in [-0.39, 0.29) is 5.91 Å². The summed E-state index contributed by atoms with van der Waals surface area (Å²) < 4.78 is 5.22. The molecule has 1 aromatic heterocycles. The predicted octanol–water partition coefficient (Wildman–Crippen LogP) is 2.14. The highest BCUT2D eigenvalue weighted by Crippen LogP contribution is 2.24. The molecule has 2 heterocycles.